The minimum Gasteiger partial charge on any atom is -0.381 e. The van der Waals surface area contributed by atoms with Gasteiger partial charge in [-0.3, -0.25) is 4.90 Å². The molecule has 2 N–H and O–H groups in total. The second-order valence-electron chi connectivity index (χ2n) is 5.80. The summed E-state index contributed by atoms with van der Waals surface area (Å²) < 4.78 is 11.0. The van der Waals surface area contributed by atoms with Gasteiger partial charge in [-0.25, -0.2) is 0 Å². The Morgan fingerprint density at radius 1 is 1.11 bits per heavy atom. The first-order valence-corrected chi connectivity index (χ1v) is 7.25. The molecule has 1 aliphatic heterocycles. The molecule has 2 unspecified atom stereocenters. The lowest BCUT2D eigenvalue weighted by Crippen LogP contribution is -2.59. The topological polar surface area (TPSA) is 47.7 Å². The van der Waals surface area contributed by atoms with Gasteiger partial charge in [0.1, 0.15) is 0 Å². The van der Waals surface area contributed by atoms with Crippen molar-refractivity contribution in [3.8, 4) is 0 Å². The van der Waals surface area contributed by atoms with E-state index < -0.39 is 0 Å². The highest BCUT2D eigenvalue weighted by atomic mass is 16.5. The van der Waals surface area contributed by atoms with Crippen molar-refractivity contribution < 1.29 is 9.47 Å². The molecule has 0 aromatic carbocycles. The van der Waals surface area contributed by atoms with Crippen molar-refractivity contribution in [2.75, 3.05) is 33.9 Å². The van der Waals surface area contributed by atoms with Crippen LogP contribution in [0, 0.1) is 0 Å². The molecular weight excluding hydrogens is 228 g/mol. The molecule has 1 heterocycles. The summed E-state index contributed by atoms with van der Waals surface area (Å²) in [6, 6.07) is 0. The van der Waals surface area contributed by atoms with Crippen LogP contribution in [0.3, 0.4) is 0 Å². The molecule has 0 spiro atoms. The summed E-state index contributed by atoms with van der Waals surface area (Å²) in [5.41, 5.74) is 6.30. The maximum absolute atomic E-state index is 6.12. The number of nitrogens with zero attached hydrogens (tertiary/aromatic N) is 1. The van der Waals surface area contributed by atoms with E-state index in [1.165, 1.54) is 19.3 Å². The van der Waals surface area contributed by atoms with Crippen molar-refractivity contribution in [2.24, 2.45) is 5.73 Å². The first-order valence-electron chi connectivity index (χ1n) is 7.25. The van der Waals surface area contributed by atoms with Crippen LogP contribution in [0.1, 0.15) is 38.5 Å². The van der Waals surface area contributed by atoms with Crippen molar-refractivity contribution >= 4 is 0 Å². The third-order valence-electron chi connectivity index (χ3n) is 4.94. The van der Waals surface area contributed by atoms with Gasteiger partial charge in [0.2, 0.25) is 0 Å². The fraction of sp³-hybridized carbons (Fsp3) is 1.00. The molecule has 0 radical (unpaired) electrons. The van der Waals surface area contributed by atoms with Gasteiger partial charge >= 0.3 is 0 Å². The minimum absolute atomic E-state index is 0.178. The summed E-state index contributed by atoms with van der Waals surface area (Å²) in [7, 11) is 3.65. The lowest BCUT2D eigenvalue weighted by molar-refractivity contribution is -0.0504. The Labute approximate surface area is 111 Å². The molecule has 0 bridgehead atoms. The summed E-state index contributed by atoms with van der Waals surface area (Å²) in [6.45, 7) is 2.99. The molecule has 0 aromatic rings. The maximum Gasteiger partial charge on any atom is 0.0595 e. The van der Waals surface area contributed by atoms with Gasteiger partial charge in [0.25, 0.3) is 0 Å². The third-order valence-corrected chi connectivity index (χ3v) is 4.94. The number of likely N-dealkylation sites (tertiary alicyclic amines) is 1. The monoisotopic (exact) mass is 256 g/mol. The SMILES string of the molecule is COC1CCN(C2(CN)CCCC(OC)C2)CC1. The second kappa shape index (κ2) is 6.33. The Morgan fingerprint density at radius 3 is 2.33 bits per heavy atom. The molecule has 2 fully saturated rings. The predicted octanol–water partition coefficient (Wildman–Crippen LogP) is 1.38. The van der Waals surface area contributed by atoms with Gasteiger partial charge in [0, 0.05) is 39.4 Å². The van der Waals surface area contributed by atoms with Crippen molar-refractivity contribution in [1.29, 1.82) is 0 Å². The van der Waals surface area contributed by atoms with Crippen molar-refractivity contribution in [3.05, 3.63) is 0 Å². The highest BCUT2D eigenvalue weighted by molar-refractivity contribution is 4.98. The van der Waals surface area contributed by atoms with Gasteiger partial charge in [0.15, 0.2) is 0 Å². The lowest BCUT2D eigenvalue weighted by Gasteiger charge is -2.50. The van der Waals surface area contributed by atoms with Gasteiger partial charge in [-0.1, -0.05) is 0 Å². The molecule has 2 rings (SSSR count). The highest BCUT2D eigenvalue weighted by Crippen LogP contribution is 2.36. The molecule has 18 heavy (non-hydrogen) atoms. The lowest BCUT2D eigenvalue weighted by atomic mass is 9.77. The van der Waals surface area contributed by atoms with E-state index in [0.717, 1.165) is 38.9 Å². The Kier molecular flexibility index (Phi) is 5.01. The molecule has 1 aliphatic carbocycles. The molecule has 1 saturated carbocycles. The maximum atomic E-state index is 6.12. The normalized spacial score (nSPS) is 35.8. The Hall–Kier alpha value is -0.160. The zero-order valence-electron chi connectivity index (χ0n) is 11.9. The van der Waals surface area contributed by atoms with Crippen molar-refractivity contribution in [2.45, 2.75) is 56.3 Å². The van der Waals surface area contributed by atoms with Crippen LogP contribution in [0.5, 0.6) is 0 Å². The minimum atomic E-state index is 0.178. The average molecular weight is 256 g/mol. The number of piperidine rings is 1. The number of ether oxygens (including phenoxy) is 2. The molecule has 0 aromatic heterocycles. The molecular formula is C14H28N2O2. The van der Waals surface area contributed by atoms with Gasteiger partial charge in [-0.05, 0) is 38.5 Å². The molecule has 2 atom stereocenters. The van der Waals surface area contributed by atoms with Crippen LogP contribution >= 0.6 is 0 Å². The molecule has 4 nitrogen and oxygen atoms in total. The summed E-state index contributed by atoms with van der Waals surface area (Å²) in [5, 5.41) is 0. The zero-order valence-corrected chi connectivity index (χ0v) is 11.9. The molecule has 4 heteroatoms. The van der Waals surface area contributed by atoms with Gasteiger partial charge in [0.05, 0.1) is 12.2 Å². The van der Waals surface area contributed by atoms with E-state index in [1.807, 2.05) is 14.2 Å². The smallest absolute Gasteiger partial charge is 0.0595 e. The highest BCUT2D eigenvalue weighted by Gasteiger charge is 2.41. The summed E-state index contributed by atoms with van der Waals surface area (Å²) in [5.74, 6) is 0. The van der Waals surface area contributed by atoms with E-state index in [1.54, 1.807) is 0 Å². The van der Waals surface area contributed by atoms with E-state index in [2.05, 4.69) is 4.90 Å². The largest absolute Gasteiger partial charge is 0.381 e. The summed E-state index contributed by atoms with van der Waals surface area (Å²) in [6.07, 6.45) is 7.84. The first kappa shape index (κ1) is 14.3. The van der Waals surface area contributed by atoms with Crippen LogP contribution in [0.2, 0.25) is 0 Å². The van der Waals surface area contributed by atoms with E-state index in [-0.39, 0.29) is 5.54 Å². The number of methoxy groups -OCH3 is 2. The second-order valence-corrected chi connectivity index (χ2v) is 5.80. The van der Waals surface area contributed by atoms with Crippen LogP contribution < -0.4 is 5.73 Å². The quantitative estimate of drug-likeness (QED) is 0.825. The third kappa shape index (κ3) is 2.87. The fourth-order valence-corrected chi connectivity index (χ4v) is 3.66. The standard InChI is InChI=1S/C14H28N2O2/c1-17-12-5-8-16(9-6-12)14(11-15)7-3-4-13(10-14)18-2/h12-13H,3-11,15H2,1-2H3. The van der Waals surface area contributed by atoms with Crippen LogP contribution in [0.25, 0.3) is 0 Å². The van der Waals surface area contributed by atoms with Crippen LogP contribution in [-0.4, -0.2) is 56.5 Å². The Bertz CT molecular complexity index is 254. The van der Waals surface area contributed by atoms with Crippen LogP contribution in [0.15, 0.2) is 0 Å². The average Bonchev–Trinajstić information content (AvgIpc) is 2.47. The number of hydrogen-bond acceptors (Lipinski definition) is 4. The van der Waals surface area contributed by atoms with E-state index in [4.69, 9.17) is 15.2 Å². The van der Waals surface area contributed by atoms with Gasteiger partial charge in [-0.2, -0.15) is 0 Å². The number of nitrogens with two attached hydrogens (primary N) is 1. The fourth-order valence-electron chi connectivity index (χ4n) is 3.66. The van der Waals surface area contributed by atoms with Gasteiger partial charge < -0.3 is 15.2 Å². The molecule has 1 saturated heterocycles. The summed E-state index contributed by atoms with van der Waals surface area (Å²) in [4.78, 5) is 2.60. The summed E-state index contributed by atoms with van der Waals surface area (Å²) >= 11 is 0. The van der Waals surface area contributed by atoms with Crippen molar-refractivity contribution in [3.63, 3.8) is 0 Å². The van der Waals surface area contributed by atoms with E-state index in [9.17, 15) is 0 Å². The van der Waals surface area contributed by atoms with Crippen molar-refractivity contribution in [1.82, 2.24) is 4.90 Å². The van der Waals surface area contributed by atoms with E-state index in [0.29, 0.717) is 12.2 Å². The van der Waals surface area contributed by atoms with Gasteiger partial charge in [-0.15, -0.1) is 0 Å². The zero-order chi connectivity index (χ0) is 13.0. The Morgan fingerprint density at radius 2 is 1.78 bits per heavy atom. The van der Waals surface area contributed by atoms with Crippen LogP contribution in [0.4, 0.5) is 0 Å². The number of hydrogen-bond donors (Lipinski definition) is 1. The number of rotatable bonds is 4. The molecule has 106 valence electrons. The Balaban J connectivity index is 1.99. The molecule has 2 aliphatic rings. The van der Waals surface area contributed by atoms with E-state index >= 15 is 0 Å². The predicted molar refractivity (Wildman–Crippen MR) is 72.7 cm³/mol. The first-order chi connectivity index (χ1) is 8.74. The molecule has 0 amide bonds. The van der Waals surface area contributed by atoms with Crippen LogP contribution in [-0.2, 0) is 9.47 Å².